The molecule has 3 aromatic rings. The maximum Gasteiger partial charge on any atom is 0.325 e. The Morgan fingerprint density at radius 2 is 1.97 bits per heavy atom. The van der Waals surface area contributed by atoms with Crippen molar-refractivity contribution in [2.75, 3.05) is 11.2 Å². The first-order chi connectivity index (χ1) is 15.0. The molecule has 1 N–H and O–H groups in total. The van der Waals surface area contributed by atoms with Gasteiger partial charge in [-0.3, -0.25) is 24.7 Å². The minimum absolute atomic E-state index is 0.0553. The minimum atomic E-state index is -0.752. The summed E-state index contributed by atoms with van der Waals surface area (Å²) in [5, 5.41) is 16.1. The Hall–Kier alpha value is -3.53. The normalized spacial score (nSPS) is 14.6. The number of non-ortho nitro benzene ring substituents is 1. The summed E-state index contributed by atoms with van der Waals surface area (Å²) in [6.45, 7) is 1.92. The van der Waals surface area contributed by atoms with Crippen molar-refractivity contribution in [1.82, 2.24) is 10.1 Å². The highest BCUT2D eigenvalue weighted by molar-refractivity contribution is 7.98. The molecule has 0 saturated carbocycles. The van der Waals surface area contributed by atoms with Crippen LogP contribution < -0.4 is 15.1 Å². The van der Waals surface area contributed by atoms with Crippen LogP contribution in [0.2, 0.25) is 0 Å². The van der Waals surface area contributed by atoms with Gasteiger partial charge in [0, 0.05) is 29.2 Å². The zero-order chi connectivity index (χ0) is 22.1. The van der Waals surface area contributed by atoms with Gasteiger partial charge in [0.1, 0.15) is 0 Å². The predicted octanol–water partition coefficient (Wildman–Crippen LogP) is 3.05. The summed E-state index contributed by atoms with van der Waals surface area (Å²) in [5.74, 6) is -0.121. The molecule has 0 aliphatic carbocycles. The van der Waals surface area contributed by atoms with Gasteiger partial charge in [-0.15, -0.1) is 0 Å². The lowest BCUT2D eigenvalue weighted by atomic mass is 10.0. The van der Waals surface area contributed by atoms with E-state index < -0.39 is 11.1 Å². The third-order valence-electron chi connectivity index (χ3n) is 5.09. The van der Waals surface area contributed by atoms with E-state index in [0.29, 0.717) is 40.5 Å². The van der Waals surface area contributed by atoms with Gasteiger partial charge in [-0.2, -0.15) is 0 Å². The van der Waals surface area contributed by atoms with E-state index in [1.165, 1.54) is 23.9 Å². The van der Waals surface area contributed by atoms with Crippen LogP contribution in [0.1, 0.15) is 31.5 Å². The molecule has 1 unspecified atom stereocenters. The zero-order valence-electron chi connectivity index (χ0n) is 16.9. The van der Waals surface area contributed by atoms with Crippen molar-refractivity contribution in [1.29, 1.82) is 0 Å². The molecule has 1 atom stereocenters. The zero-order valence-corrected chi connectivity index (χ0v) is 17.8. The number of aromatic amines is 1. The first kappa shape index (κ1) is 20.7. The van der Waals surface area contributed by atoms with Crippen LogP contribution >= 0.6 is 11.8 Å². The number of amides is 1. The van der Waals surface area contributed by atoms with Gasteiger partial charge < -0.3 is 0 Å². The number of thioether (sulfide) groups is 1. The van der Waals surface area contributed by atoms with Crippen molar-refractivity contribution in [2.45, 2.75) is 31.1 Å². The molecule has 1 aromatic heterocycles. The lowest BCUT2D eigenvalue weighted by Gasteiger charge is -2.32. The predicted molar refractivity (Wildman–Crippen MR) is 116 cm³/mol. The number of hydrogen-bond donors (Lipinski definition) is 1. The molecule has 0 bridgehead atoms. The summed E-state index contributed by atoms with van der Waals surface area (Å²) in [6, 6.07) is 13.2. The molecule has 10 heteroatoms. The smallest absolute Gasteiger partial charge is 0.291 e. The number of carbonyl (C=O) groups excluding carboxylic acids is 1. The van der Waals surface area contributed by atoms with Gasteiger partial charge in [0.15, 0.2) is 0 Å². The second-order valence-corrected chi connectivity index (χ2v) is 7.80. The SMILES string of the molecule is CCCC(=O)N1c2ccccc2-c2c(=O)[nH]c(SC)n[n+]2C1c1ccc([N+](=O)[O-])cc1. The Bertz CT molecular complexity index is 1230. The van der Waals surface area contributed by atoms with Crippen LogP contribution in [0, 0.1) is 10.1 Å². The van der Waals surface area contributed by atoms with Crippen LogP contribution in [0.4, 0.5) is 11.4 Å². The second-order valence-electron chi connectivity index (χ2n) is 7.01. The molecule has 158 valence electrons. The third kappa shape index (κ3) is 3.59. The summed E-state index contributed by atoms with van der Waals surface area (Å²) >= 11 is 1.28. The number of H-pyrrole nitrogens is 1. The van der Waals surface area contributed by atoms with Crippen LogP contribution in [0.5, 0.6) is 0 Å². The van der Waals surface area contributed by atoms with E-state index in [2.05, 4.69) is 10.1 Å². The van der Waals surface area contributed by atoms with Crippen molar-refractivity contribution in [3.8, 4) is 11.3 Å². The molecule has 1 aliphatic heterocycles. The third-order valence-corrected chi connectivity index (χ3v) is 5.66. The summed E-state index contributed by atoms with van der Waals surface area (Å²) in [5.41, 5.74) is 1.78. The van der Waals surface area contributed by atoms with E-state index in [9.17, 15) is 19.7 Å². The molecule has 9 nitrogen and oxygen atoms in total. The number of benzene rings is 2. The number of aromatic nitrogens is 3. The molecule has 31 heavy (non-hydrogen) atoms. The van der Waals surface area contributed by atoms with E-state index in [4.69, 9.17) is 0 Å². The maximum absolute atomic E-state index is 13.3. The fourth-order valence-corrected chi connectivity index (χ4v) is 4.10. The highest BCUT2D eigenvalue weighted by atomic mass is 32.2. The largest absolute Gasteiger partial charge is 0.325 e. The number of para-hydroxylation sites is 1. The molecule has 2 aromatic carbocycles. The van der Waals surface area contributed by atoms with E-state index in [1.54, 1.807) is 46.2 Å². The van der Waals surface area contributed by atoms with E-state index in [-0.39, 0.29) is 17.2 Å². The minimum Gasteiger partial charge on any atom is -0.291 e. The van der Waals surface area contributed by atoms with Crippen LogP contribution in [-0.2, 0) is 4.79 Å². The fraction of sp³-hybridized carbons (Fsp3) is 0.238. The van der Waals surface area contributed by atoms with Crippen molar-refractivity contribution in [3.05, 3.63) is 74.6 Å². The average molecular weight is 438 g/mol. The van der Waals surface area contributed by atoms with Gasteiger partial charge >= 0.3 is 11.3 Å². The van der Waals surface area contributed by atoms with Crippen molar-refractivity contribution in [2.24, 2.45) is 0 Å². The molecule has 0 fully saturated rings. The van der Waals surface area contributed by atoms with Crippen molar-refractivity contribution >= 4 is 29.0 Å². The van der Waals surface area contributed by atoms with Gasteiger partial charge in [-0.25, -0.2) is 4.90 Å². The number of nitro benzene ring substituents is 1. The highest BCUT2D eigenvalue weighted by Crippen LogP contribution is 2.37. The first-order valence-electron chi connectivity index (χ1n) is 9.72. The van der Waals surface area contributed by atoms with Gasteiger partial charge in [-0.1, -0.05) is 30.8 Å². The molecule has 2 heterocycles. The van der Waals surface area contributed by atoms with Crippen LogP contribution in [-0.4, -0.2) is 27.2 Å². The summed E-state index contributed by atoms with van der Waals surface area (Å²) in [6.07, 6.45) is 2.01. The lowest BCUT2D eigenvalue weighted by molar-refractivity contribution is -0.763. The maximum atomic E-state index is 13.3. The van der Waals surface area contributed by atoms with Gasteiger partial charge in [-0.05, 0) is 41.6 Å². The van der Waals surface area contributed by atoms with Crippen LogP contribution in [0.3, 0.4) is 0 Å². The highest BCUT2D eigenvalue weighted by Gasteiger charge is 2.45. The number of anilines is 1. The molecule has 1 amide bonds. The van der Waals surface area contributed by atoms with Crippen molar-refractivity contribution < 1.29 is 14.4 Å². The first-order valence-corrected chi connectivity index (χ1v) is 10.9. The van der Waals surface area contributed by atoms with Crippen LogP contribution in [0.15, 0.2) is 58.5 Å². The Labute approximate surface area is 181 Å². The fourth-order valence-electron chi connectivity index (χ4n) is 3.74. The Kier molecular flexibility index (Phi) is 5.55. The molecular weight excluding hydrogens is 418 g/mol. The Morgan fingerprint density at radius 1 is 1.26 bits per heavy atom. The summed E-state index contributed by atoms with van der Waals surface area (Å²) < 4.78 is 1.54. The van der Waals surface area contributed by atoms with E-state index in [1.807, 2.05) is 13.0 Å². The molecular formula is C21H20N5O4S+. The number of nitro groups is 1. The second kappa shape index (κ2) is 8.31. The summed E-state index contributed by atoms with van der Waals surface area (Å²) in [4.78, 5) is 41.3. The molecule has 0 spiro atoms. The number of hydrogen-bond acceptors (Lipinski definition) is 6. The number of nitrogens with one attached hydrogen (secondary N) is 1. The Balaban J connectivity index is 2.02. The molecule has 0 radical (unpaired) electrons. The molecule has 1 aliphatic rings. The van der Waals surface area contributed by atoms with Gasteiger partial charge in [0.2, 0.25) is 11.1 Å². The number of fused-ring (bicyclic) bond motifs is 3. The van der Waals surface area contributed by atoms with Crippen molar-refractivity contribution in [3.63, 3.8) is 0 Å². The topological polar surface area (TPSA) is 113 Å². The van der Waals surface area contributed by atoms with Gasteiger partial charge in [0.25, 0.3) is 11.9 Å². The molecule has 0 saturated heterocycles. The number of nitrogens with zero attached hydrogens (tertiary/aromatic N) is 4. The number of carbonyl (C=O) groups is 1. The molecule has 4 rings (SSSR count). The quantitative estimate of drug-likeness (QED) is 0.284. The van der Waals surface area contributed by atoms with Gasteiger partial charge in [0.05, 0.1) is 16.2 Å². The van der Waals surface area contributed by atoms with Crippen LogP contribution in [0.25, 0.3) is 11.3 Å². The monoisotopic (exact) mass is 438 g/mol. The lowest BCUT2D eigenvalue weighted by Crippen LogP contribution is -2.60. The Morgan fingerprint density at radius 3 is 2.61 bits per heavy atom. The number of rotatable bonds is 5. The average Bonchev–Trinajstić information content (AvgIpc) is 2.77. The van der Waals surface area contributed by atoms with E-state index in [0.717, 1.165) is 0 Å². The summed E-state index contributed by atoms with van der Waals surface area (Å²) in [7, 11) is 0. The standard InChI is InChI=1S/C21H19N5O4S/c1-3-6-17(27)24-16-8-5-4-7-15(16)18-19(28)22-21(31-2)23-25(18)20(24)13-9-11-14(12-10-13)26(29)30/h4-5,7-12,20H,3,6H2,1-2H3/p+1. The van der Waals surface area contributed by atoms with E-state index >= 15 is 0 Å².